The minimum absolute atomic E-state index is 0.561. The summed E-state index contributed by atoms with van der Waals surface area (Å²) in [5.74, 6) is 0.561. The lowest BCUT2D eigenvalue weighted by atomic mass is 10.0. The van der Waals surface area contributed by atoms with Gasteiger partial charge in [-0.05, 0) is 24.6 Å². The minimum Gasteiger partial charge on any atom is -0.466 e. The molecule has 86 valence electrons. The van der Waals surface area contributed by atoms with Crippen molar-refractivity contribution in [2.45, 2.75) is 6.92 Å². The molecule has 1 heterocycles. The summed E-state index contributed by atoms with van der Waals surface area (Å²) in [5, 5.41) is 1.91. The molecule has 0 bridgehead atoms. The number of rotatable bonds is 3. The maximum absolute atomic E-state index is 5.40. The van der Waals surface area contributed by atoms with Crippen LogP contribution in [0.4, 0.5) is 0 Å². The van der Waals surface area contributed by atoms with E-state index >= 15 is 0 Å². The van der Waals surface area contributed by atoms with Crippen molar-refractivity contribution in [3.63, 3.8) is 0 Å². The first-order valence-electron chi connectivity index (χ1n) is 5.22. The van der Waals surface area contributed by atoms with E-state index in [1.54, 1.807) is 0 Å². The van der Waals surface area contributed by atoms with Gasteiger partial charge in [0.1, 0.15) is 16.6 Å². The quantitative estimate of drug-likeness (QED) is 0.751. The lowest BCUT2D eigenvalue weighted by Gasteiger charge is -2.08. The van der Waals surface area contributed by atoms with Crippen molar-refractivity contribution in [2.24, 2.45) is 0 Å². The lowest BCUT2D eigenvalue weighted by Crippen LogP contribution is -1.94. The third-order valence-corrected chi connectivity index (χ3v) is 2.74. The molecular weight excluding hydrogens is 212 g/mol. The summed E-state index contributed by atoms with van der Waals surface area (Å²) in [6.45, 7) is 17.1. The first-order chi connectivity index (χ1) is 8.04. The van der Waals surface area contributed by atoms with Gasteiger partial charge in [0.2, 0.25) is 0 Å². The number of aryl methyl sites for hydroxylation is 1. The van der Waals surface area contributed by atoms with Crippen LogP contribution in [0.25, 0.3) is 29.7 Å². The van der Waals surface area contributed by atoms with Gasteiger partial charge in [0.25, 0.3) is 0 Å². The van der Waals surface area contributed by atoms with Crippen LogP contribution in [0.2, 0.25) is 0 Å². The smallest absolute Gasteiger partial charge is 0.128 e. The Kier molecular flexibility index (Phi) is 2.64. The van der Waals surface area contributed by atoms with Gasteiger partial charge >= 0.3 is 0 Å². The molecule has 0 aliphatic rings. The highest BCUT2D eigenvalue weighted by atomic mass is 16.5. The van der Waals surface area contributed by atoms with Gasteiger partial charge in [0.05, 0.1) is 6.26 Å². The summed E-state index contributed by atoms with van der Waals surface area (Å²) in [6, 6.07) is 3.96. The highest BCUT2D eigenvalue weighted by Crippen LogP contribution is 2.22. The summed E-state index contributed by atoms with van der Waals surface area (Å²) in [4.78, 5) is 0. The number of hydrogen-bond donors (Lipinski definition) is 0. The molecule has 1 aromatic carbocycles. The predicted molar refractivity (Wildman–Crippen MR) is 71.6 cm³/mol. The van der Waals surface area contributed by atoms with Gasteiger partial charge in [0, 0.05) is 16.3 Å². The van der Waals surface area contributed by atoms with Gasteiger partial charge < -0.3 is 9.15 Å². The number of ether oxygens (including phenoxy) is 1. The van der Waals surface area contributed by atoms with Crippen LogP contribution < -0.4 is 10.8 Å². The van der Waals surface area contributed by atoms with E-state index in [-0.39, 0.29) is 0 Å². The fraction of sp³-hybridized carbons (Fsp3) is 0.0667. The Morgan fingerprint density at radius 2 is 1.82 bits per heavy atom. The lowest BCUT2D eigenvalue weighted by molar-refractivity contribution is 0.440. The number of hydrogen-bond acceptors (Lipinski definition) is 2. The zero-order valence-corrected chi connectivity index (χ0v) is 9.88. The highest BCUT2D eigenvalue weighted by molar-refractivity contribution is 5.86. The second kappa shape index (κ2) is 3.98. The molecule has 2 aromatic rings. The van der Waals surface area contributed by atoms with Crippen LogP contribution in [0.1, 0.15) is 11.1 Å². The van der Waals surface area contributed by atoms with Crippen molar-refractivity contribution in [2.75, 3.05) is 0 Å². The first-order valence-corrected chi connectivity index (χ1v) is 5.22. The van der Waals surface area contributed by atoms with Gasteiger partial charge in [-0.1, -0.05) is 26.3 Å². The Labute approximate surface area is 99.8 Å². The van der Waals surface area contributed by atoms with Crippen LogP contribution in [0, 0.1) is 6.92 Å². The van der Waals surface area contributed by atoms with Gasteiger partial charge in [-0.25, -0.2) is 0 Å². The summed E-state index contributed by atoms with van der Waals surface area (Å²) in [7, 11) is 0. The zero-order chi connectivity index (χ0) is 12.6. The molecule has 0 saturated heterocycles. The van der Waals surface area contributed by atoms with E-state index in [0.29, 0.717) is 16.6 Å². The fourth-order valence-corrected chi connectivity index (χ4v) is 1.89. The highest BCUT2D eigenvalue weighted by Gasteiger charge is 2.09. The van der Waals surface area contributed by atoms with Gasteiger partial charge in [-0.2, -0.15) is 0 Å². The van der Waals surface area contributed by atoms with Crippen molar-refractivity contribution in [1.29, 1.82) is 0 Å². The van der Waals surface area contributed by atoms with Crippen molar-refractivity contribution < 1.29 is 9.15 Å². The fourth-order valence-electron chi connectivity index (χ4n) is 1.89. The molecule has 0 fully saturated rings. The first kappa shape index (κ1) is 11.3. The van der Waals surface area contributed by atoms with Crippen LogP contribution in [0.3, 0.4) is 0 Å². The average Bonchev–Trinajstić information content (AvgIpc) is 2.53. The summed E-state index contributed by atoms with van der Waals surface area (Å²) >= 11 is 0. The summed E-state index contributed by atoms with van der Waals surface area (Å²) in [6.07, 6.45) is 1.36. The number of fused-ring (bicyclic) bond motifs is 1. The topological polar surface area (TPSA) is 22.4 Å². The number of benzene rings is 1. The van der Waals surface area contributed by atoms with Gasteiger partial charge in [-0.3, -0.25) is 0 Å². The van der Waals surface area contributed by atoms with Crippen LogP contribution in [0.5, 0.6) is 0 Å². The maximum Gasteiger partial charge on any atom is 0.128 e. The van der Waals surface area contributed by atoms with Crippen LogP contribution >= 0.6 is 0 Å². The van der Waals surface area contributed by atoms with Crippen molar-refractivity contribution in [1.82, 2.24) is 0 Å². The Balaban J connectivity index is 2.75. The molecule has 0 aliphatic heterocycles. The Hall–Kier alpha value is -2.22. The third-order valence-electron chi connectivity index (χ3n) is 2.74. The summed E-state index contributed by atoms with van der Waals surface area (Å²) in [5.41, 5.74) is 3.21. The third kappa shape index (κ3) is 1.78. The van der Waals surface area contributed by atoms with Crippen molar-refractivity contribution in [3.8, 4) is 0 Å². The van der Waals surface area contributed by atoms with E-state index in [9.17, 15) is 0 Å². The average molecular weight is 226 g/mol. The van der Waals surface area contributed by atoms with Gasteiger partial charge in [0.15, 0.2) is 0 Å². The second-order valence-corrected chi connectivity index (χ2v) is 3.87. The molecule has 0 aliphatic carbocycles. The van der Waals surface area contributed by atoms with E-state index in [1.807, 2.05) is 19.1 Å². The molecular formula is C15H14O2. The van der Waals surface area contributed by atoms with Crippen molar-refractivity contribution >= 4 is 29.7 Å². The molecule has 0 unspecified atom stereocenters. The second-order valence-electron chi connectivity index (χ2n) is 3.87. The Morgan fingerprint density at radius 3 is 2.41 bits per heavy atom. The molecule has 2 heteroatoms. The zero-order valence-electron chi connectivity index (χ0n) is 9.88. The number of furan rings is 1. The van der Waals surface area contributed by atoms with E-state index in [0.717, 1.165) is 21.9 Å². The molecule has 0 saturated carbocycles. The van der Waals surface area contributed by atoms with E-state index in [4.69, 9.17) is 9.15 Å². The SMILES string of the molecule is C=COC(=C)c1cc2c(=C)oc(=C)c2cc1C. The van der Waals surface area contributed by atoms with E-state index < -0.39 is 0 Å². The van der Waals surface area contributed by atoms with Crippen LogP contribution in [0.15, 0.2) is 36.0 Å². The Bertz CT molecular complexity index is 705. The van der Waals surface area contributed by atoms with Crippen LogP contribution in [-0.2, 0) is 4.74 Å². The molecule has 2 rings (SSSR count). The molecule has 0 spiro atoms. The van der Waals surface area contributed by atoms with E-state index in [1.165, 1.54) is 6.26 Å². The largest absolute Gasteiger partial charge is 0.466 e. The van der Waals surface area contributed by atoms with Crippen LogP contribution in [-0.4, -0.2) is 0 Å². The summed E-state index contributed by atoms with van der Waals surface area (Å²) < 4.78 is 10.6. The van der Waals surface area contributed by atoms with Crippen molar-refractivity contribution in [3.05, 3.63) is 53.5 Å². The van der Waals surface area contributed by atoms with E-state index in [2.05, 4.69) is 26.3 Å². The minimum atomic E-state index is 0.561. The Morgan fingerprint density at radius 1 is 1.24 bits per heavy atom. The van der Waals surface area contributed by atoms with Gasteiger partial charge in [-0.15, -0.1) is 0 Å². The maximum atomic E-state index is 5.40. The molecule has 0 radical (unpaired) electrons. The molecule has 0 N–H and O–H groups in total. The molecule has 0 amide bonds. The standard InChI is InChI=1S/C15H14O2/c1-6-16-10(3)13-8-15-12(5)17-11(4)14(15)7-9(13)2/h6-8H,1,3-5H2,2H3. The predicted octanol–water partition coefficient (Wildman–Crippen LogP) is 2.69. The monoisotopic (exact) mass is 226 g/mol. The molecule has 0 atom stereocenters. The molecule has 2 nitrogen and oxygen atoms in total. The molecule has 1 aromatic heterocycles. The normalized spacial score (nSPS) is 10.4. The molecule has 17 heavy (non-hydrogen) atoms.